The molecule has 2 aromatic carbocycles. The van der Waals surface area contributed by atoms with Crippen LogP contribution in [0.4, 0.5) is 21.8 Å². The lowest BCUT2D eigenvalue weighted by Gasteiger charge is -2.12. The first kappa shape index (κ1) is 18.1. The van der Waals surface area contributed by atoms with Gasteiger partial charge in [0.15, 0.2) is 0 Å². The molecule has 3 rings (SSSR count). The Morgan fingerprint density at radius 2 is 1.85 bits per heavy atom. The molecule has 0 saturated heterocycles. The molecule has 134 valence electrons. The van der Waals surface area contributed by atoms with Crippen LogP contribution in [-0.2, 0) is 6.42 Å². The maximum Gasteiger partial charge on any atom is 0.224 e. The monoisotopic (exact) mass is 370 g/mol. The highest BCUT2D eigenvalue weighted by Crippen LogP contribution is 2.26. The van der Waals surface area contributed by atoms with Gasteiger partial charge < -0.3 is 10.6 Å². The van der Waals surface area contributed by atoms with Gasteiger partial charge in [-0.25, -0.2) is 9.37 Å². The molecule has 0 radical (unpaired) electrons. The number of rotatable bonds is 6. The fraction of sp³-hybridized carbons (Fsp3) is 0.200. The van der Waals surface area contributed by atoms with Gasteiger partial charge in [-0.3, -0.25) is 0 Å². The summed E-state index contributed by atoms with van der Waals surface area (Å²) >= 11 is 6.17. The lowest BCUT2D eigenvalue weighted by Crippen LogP contribution is -2.10. The van der Waals surface area contributed by atoms with E-state index in [1.807, 2.05) is 44.2 Å². The third kappa shape index (κ3) is 4.49. The molecule has 0 amide bonds. The fourth-order valence-corrected chi connectivity index (χ4v) is 2.78. The average Bonchev–Trinajstić information content (AvgIpc) is 2.60. The summed E-state index contributed by atoms with van der Waals surface area (Å²) in [6.07, 6.45) is 0.556. The van der Waals surface area contributed by atoms with E-state index in [-0.39, 0.29) is 5.82 Å². The Morgan fingerprint density at radius 1 is 1.04 bits per heavy atom. The van der Waals surface area contributed by atoms with E-state index >= 15 is 0 Å². The van der Waals surface area contributed by atoms with E-state index in [1.54, 1.807) is 12.1 Å². The molecular formula is C20H20ClFN4. The summed E-state index contributed by atoms with van der Waals surface area (Å²) in [5.74, 6) is 0.984. The van der Waals surface area contributed by atoms with Gasteiger partial charge in [0, 0.05) is 29.0 Å². The van der Waals surface area contributed by atoms with E-state index in [4.69, 9.17) is 11.6 Å². The maximum absolute atomic E-state index is 13.7. The molecule has 0 fully saturated rings. The van der Waals surface area contributed by atoms with Crippen LogP contribution in [0.25, 0.3) is 0 Å². The SMILES string of the molecule is Cc1cc(Nc2cccc(Cl)c2C)nc(NCCc2ccccc2F)n1. The smallest absolute Gasteiger partial charge is 0.224 e. The molecule has 0 saturated carbocycles. The van der Waals surface area contributed by atoms with E-state index < -0.39 is 0 Å². The molecule has 6 heteroatoms. The summed E-state index contributed by atoms with van der Waals surface area (Å²) in [6.45, 7) is 4.39. The number of benzene rings is 2. The van der Waals surface area contributed by atoms with E-state index in [9.17, 15) is 4.39 Å². The van der Waals surface area contributed by atoms with E-state index in [0.29, 0.717) is 35.3 Å². The third-order valence-corrected chi connectivity index (χ3v) is 4.43. The van der Waals surface area contributed by atoms with Gasteiger partial charge in [0.1, 0.15) is 11.6 Å². The lowest BCUT2D eigenvalue weighted by atomic mass is 10.1. The van der Waals surface area contributed by atoms with Crippen LogP contribution >= 0.6 is 11.6 Å². The maximum atomic E-state index is 13.7. The number of nitrogens with one attached hydrogen (secondary N) is 2. The van der Waals surface area contributed by atoms with E-state index in [2.05, 4.69) is 20.6 Å². The lowest BCUT2D eigenvalue weighted by molar-refractivity contribution is 0.610. The summed E-state index contributed by atoms with van der Waals surface area (Å²) < 4.78 is 13.7. The highest BCUT2D eigenvalue weighted by atomic mass is 35.5. The molecule has 0 atom stereocenters. The van der Waals surface area contributed by atoms with Gasteiger partial charge in [-0.1, -0.05) is 35.9 Å². The number of hydrogen-bond donors (Lipinski definition) is 2. The second-order valence-electron chi connectivity index (χ2n) is 6.02. The zero-order chi connectivity index (χ0) is 18.5. The molecule has 3 aromatic rings. The van der Waals surface area contributed by atoms with Crippen LogP contribution in [0.1, 0.15) is 16.8 Å². The molecule has 1 aromatic heterocycles. The molecule has 0 aliphatic carbocycles. The van der Waals surface area contributed by atoms with E-state index in [1.165, 1.54) is 6.07 Å². The zero-order valence-corrected chi connectivity index (χ0v) is 15.4. The number of halogens is 2. The first-order valence-electron chi connectivity index (χ1n) is 8.38. The van der Waals surface area contributed by atoms with Crippen molar-refractivity contribution in [1.82, 2.24) is 9.97 Å². The van der Waals surface area contributed by atoms with Crippen molar-refractivity contribution < 1.29 is 4.39 Å². The highest BCUT2D eigenvalue weighted by Gasteiger charge is 2.07. The van der Waals surface area contributed by atoms with Gasteiger partial charge in [-0.05, 0) is 49.6 Å². The molecule has 0 spiro atoms. The number of nitrogens with zero attached hydrogens (tertiary/aromatic N) is 2. The first-order chi connectivity index (χ1) is 12.5. The molecule has 0 unspecified atom stereocenters. The summed E-state index contributed by atoms with van der Waals surface area (Å²) in [5.41, 5.74) is 3.35. The summed E-state index contributed by atoms with van der Waals surface area (Å²) in [5, 5.41) is 7.13. The van der Waals surface area contributed by atoms with Crippen molar-refractivity contribution in [1.29, 1.82) is 0 Å². The minimum Gasteiger partial charge on any atom is -0.354 e. The molecule has 2 N–H and O–H groups in total. The van der Waals surface area contributed by atoms with Crippen LogP contribution < -0.4 is 10.6 Å². The van der Waals surface area contributed by atoms with Crippen LogP contribution in [0.15, 0.2) is 48.5 Å². The van der Waals surface area contributed by atoms with Crippen molar-refractivity contribution in [3.63, 3.8) is 0 Å². The van der Waals surface area contributed by atoms with Crippen molar-refractivity contribution in [2.24, 2.45) is 0 Å². The van der Waals surface area contributed by atoms with Gasteiger partial charge in [0.25, 0.3) is 0 Å². The van der Waals surface area contributed by atoms with Gasteiger partial charge >= 0.3 is 0 Å². The second kappa shape index (κ2) is 8.15. The predicted molar refractivity (Wildman–Crippen MR) is 105 cm³/mol. The van der Waals surface area contributed by atoms with Crippen LogP contribution in [0.5, 0.6) is 0 Å². The summed E-state index contributed by atoms with van der Waals surface area (Å²) in [7, 11) is 0. The van der Waals surface area contributed by atoms with E-state index in [0.717, 1.165) is 16.9 Å². The quantitative estimate of drug-likeness (QED) is 0.619. The van der Waals surface area contributed by atoms with Gasteiger partial charge in [-0.2, -0.15) is 4.98 Å². The number of aryl methyl sites for hydroxylation is 1. The Morgan fingerprint density at radius 3 is 2.65 bits per heavy atom. The Kier molecular flexibility index (Phi) is 5.68. The van der Waals surface area contributed by atoms with Crippen LogP contribution in [0, 0.1) is 19.7 Å². The standard InChI is InChI=1S/C20H20ClFN4/c1-13-12-19(25-18-9-5-7-16(21)14(18)2)26-20(24-13)23-11-10-15-6-3-4-8-17(15)22/h3-9,12H,10-11H2,1-2H3,(H2,23,24,25,26). The van der Waals surface area contributed by atoms with Gasteiger partial charge in [0.05, 0.1) is 0 Å². The Hall–Kier alpha value is -2.66. The fourth-order valence-electron chi connectivity index (χ4n) is 2.60. The highest BCUT2D eigenvalue weighted by molar-refractivity contribution is 6.31. The van der Waals surface area contributed by atoms with Gasteiger partial charge in [-0.15, -0.1) is 0 Å². The normalized spacial score (nSPS) is 10.6. The minimum absolute atomic E-state index is 0.196. The third-order valence-electron chi connectivity index (χ3n) is 4.02. The zero-order valence-electron chi connectivity index (χ0n) is 14.7. The topological polar surface area (TPSA) is 49.8 Å². The van der Waals surface area contributed by atoms with Crippen molar-refractivity contribution in [3.8, 4) is 0 Å². The number of anilines is 3. The molecule has 1 heterocycles. The molecule has 0 aliphatic rings. The molecule has 4 nitrogen and oxygen atoms in total. The predicted octanol–water partition coefficient (Wildman–Crippen LogP) is 5.28. The molecule has 26 heavy (non-hydrogen) atoms. The summed E-state index contributed by atoms with van der Waals surface area (Å²) in [6, 6.07) is 14.3. The first-order valence-corrected chi connectivity index (χ1v) is 8.76. The largest absolute Gasteiger partial charge is 0.354 e. The van der Waals surface area contributed by atoms with Crippen molar-refractivity contribution >= 4 is 29.1 Å². The number of aromatic nitrogens is 2. The molecular weight excluding hydrogens is 351 g/mol. The Labute approximate surface area is 157 Å². The van der Waals surface area contributed by atoms with Crippen molar-refractivity contribution in [2.45, 2.75) is 20.3 Å². The Balaban J connectivity index is 1.69. The van der Waals surface area contributed by atoms with Crippen LogP contribution in [-0.4, -0.2) is 16.5 Å². The van der Waals surface area contributed by atoms with Crippen LogP contribution in [0.2, 0.25) is 5.02 Å². The average molecular weight is 371 g/mol. The van der Waals surface area contributed by atoms with Crippen LogP contribution in [0.3, 0.4) is 0 Å². The second-order valence-corrected chi connectivity index (χ2v) is 6.43. The van der Waals surface area contributed by atoms with Crippen molar-refractivity contribution in [3.05, 3.63) is 76.2 Å². The molecule has 0 aliphatic heterocycles. The Bertz CT molecular complexity index is 914. The molecule has 0 bridgehead atoms. The number of hydrogen-bond acceptors (Lipinski definition) is 4. The summed E-state index contributed by atoms with van der Waals surface area (Å²) in [4.78, 5) is 8.87. The van der Waals surface area contributed by atoms with Gasteiger partial charge in [0.2, 0.25) is 5.95 Å². The van der Waals surface area contributed by atoms with Crippen molar-refractivity contribution in [2.75, 3.05) is 17.2 Å². The minimum atomic E-state index is -0.196.